The summed E-state index contributed by atoms with van der Waals surface area (Å²) in [5.74, 6) is 0.227. The van der Waals surface area contributed by atoms with Gasteiger partial charge in [0.2, 0.25) is 0 Å². The van der Waals surface area contributed by atoms with Crippen molar-refractivity contribution < 1.29 is 13.2 Å². The van der Waals surface area contributed by atoms with Crippen molar-refractivity contribution in [2.45, 2.75) is 31.7 Å². The van der Waals surface area contributed by atoms with Crippen molar-refractivity contribution >= 4 is 27.2 Å². The molecule has 1 atom stereocenters. The van der Waals surface area contributed by atoms with Crippen molar-refractivity contribution in [3.05, 3.63) is 24.3 Å². The molecule has 2 amide bonds. The summed E-state index contributed by atoms with van der Waals surface area (Å²) in [6.07, 6.45) is 4.27. The Kier molecular flexibility index (Phi) is 4.99. The van der Waals surface area contributed by atoms with Crippen LogP contribution >= 0.6 is 0 Å². The highest BCUT2D eigenvalue weighted by molar-refractivity contribution is 7.91. The first-order valence-corrected chi connectivity index (χ1v) is 10.4. The highest BCUT2D eigenvalue weighted by Gasteiger charge is 2.32. The molecule has 1 N–H and O–H groups in total. The largest absolute Gasteiger partial charge is 0.372 e. The number of amides is 2. The van der Waals surface area contributed by atoms with Gasteiger partial charge >= 0.3 is 6.03 Å². The number of piperidine rings is 1. The summed E-state index contributed by atoms with van der Waals surface area (Å²) < 4.78 is 23.1. The number of hydrogen-bond acceptors (Lipinski definition) is 4. The van der Waals surface area contributed by atoms with Crippen molar-refractivity contribution in [1.29, 1.82) is 0 Å². The van der Waals surface area contributed by atoms with Crippen LogP contribution in [-0.4, -0.2) is 57.0 Å². The summed E-state index contributed by atoms with van der Waals surface area (Å²) >= 11 is 0. The molecule has 1 unspecified atom stereocenters. The minimum atomic E-state index is -2.99. The van der Waals surface area contributed by atoms with E-state index in [4.69, 9.17) is 0 Å². The van der Waals surface area contributed by atoms with E-state index in [9.17, 15) is 13.2 Å². The van der Waals surface area contributed by atoms with E-state index in [2.05, 4.69) is 10.2 Å². The Morgan fingerprint density at radius 1 is 1.17 bits per heavy atom. The highest BCUT2D eigenvalue weighted by atomic mass is 32.2. The lowest BCUT2D eigenvalue weighted by molar-refractivity contribution is 0.209. The third-order valence-electron chi connectivity index (χ3n) is 4.92. The Labute approximate surface area is 143 Å². The highest BCUT2D eigenvalue weighted by Crippen LogP contribution is 2.22. The fourth-order valence-electron chi connectivity index (χ4n) is 3.37. The van der Waals surface area contributed by atoms with Crippen LogP contribution in [0.1, 0.15) is 25.7 Å². The third kappa shape index (κ3) is 4.01. The van der Waals surface area contributed by atoms with E-state index in [1.54, 1.807) is 7.05 Å². The van der Waals surface area contributed by atoms with Gasteiger partial charge in [0.15, 0.2) is 9.84 Å². The molecule has 0 bridgehead atoms. The summed E-state index contributed by atoms with van der Waals surface area (Å²) in [7, 11) is -1.34. The van der Waals surface area contributed by atoms with Crippen molar-refractivity contribution in [1.82, 2.24) is 4.90 Å². The number of nitrogens with one attached hydrogen (secondary N) is 1. The van der Waals surface area contributed by atoms with E-state index in [1.807, 2.05) is 24.3 Å². The smallest absolute Gasteiger partial charge is 0.321 e. The number of rotatable bonds is 3. The molecule has 2 aliphatic heterocycles. The second-order valence-corrected chi connectivity index (χ2v) is 8.92. The summed E-state index contributed by atoms with van der Waals surface area (Å²) in [6, 6.07) is 7.37. The first-order valence-electron chi connectivity index (χ1n) is 8.54. The van der Waals surface area contributed by atoms with Crippen LogP contribution in [-0.2, 0) is 9.84 Å². The van der Waals surface area contributed by atoms with Crippen molar-refractivity contribution in [2.75, 3.05) is 41.9 Å². The molecule has 0 aromatic heterocycles. The summed E-state index contributed by atoms with van der Waals surface area (Å²) in [5, 5.41) is 2.85. The molecule has 7 heteroatoms. The molecular weight excluding hydrogens is 326 g/mol. The molecule has 2 aliphatic rings. The van der Waals surface area contributed by atoms with Gasteiger partial charge in [0.25, 0.3) is 0 Å². The molecule has 2 heterocycles. The Bertz CT molecular complexity index is 682. The Hall–Kier alpha value is -1.76. The molecule has 1 aromatic carbocycles. The van der Waals surface area contributed by atoms with E-state index in [1.165, 1.54) is 29.8 Å². The lowest BCUT2D eigenvalue weighted by Crippen LogP contribution is -2.40. The molecule has 1 aromatic rings. The van der Waals surface area contributed by atoms with Gasteiger partial charge in [-0.3, -0.25) is 0 Å². The predicted molar refractivity (Wildman–Crippen MR) is 96.3 cm³/mol. The molecule has 3 rings (SSSR count). The molecule has 0 aliphatic carbocycles. The Balaban J connectivity index is 1.58. The lowest BCUT2D eigenvalue weighted by atomic mass is 10.1. The number of nitrogens with zero attached hydrogens (tertiary/aromatic N) is 2. The zero-order valence-corrected chi connectivity index (χ0v) is 14.9. The Morgan fingerprint density at radius 2 is 1.83 bits per heavy atom. The van der Waals surface area contributed by atoms with Crippen LogP contribution < -0.4 is 10.2 Å². The minimum absolute atomic E-state index is 0.0603. The number of urea groups is 1. The average Bonchev–Trinajstić information content (AvgIpc) is 2.95. The molecule has 0 saturated carbocycles. The maximum absolute atomic E-state index is 12.3. The summed E-state index contributed by atoms with van der Waals surface area (Å²) in [4.78, 5) is 16.2. The van der Waals surface area contributed by atoms with Crippen LogP contribution in [0, 0.1) is 0 Å². The molecule has 132 valence electrons. The van der Waals surface area contributed by atoms with E-state index < -0.39 is 9.84 Å². The van der Waals surface area contributed by atoms with Gasteiger partial charge in [-0.2, -0.15) is 0 Å². The van der Waals surface area contributed by atoms with Gasteiger partial charge < -0.3 is 15.1 Å². The van der Waals surface area contributed by atoms with Gasteiger partial charge in [0, 0.05) is 37.6 Å². The van der Waals surface area contributed by atoms with E-state index in [0.717, 1.165) is 18.8 Å². The zero-order chi connectivity index (χ0) is 17.2. The summed E-state index contributed by atoms with van der Waals surface area (Å²) in [6.45, 7) is 2.18. The van der Waals surface area contributed by atoms with Gasteiger partial charge in [-0.25, -0.2) is 13.2 Å². The number of anilines is 2. The maximum Gasteiger partial charge on any atom is 0.321 e. The van der Waals surface area contributed by atoms with Crippen LogP contribution in [0.2, 0.25) is 0 Å². The molecule has 2 saturated heterocycles. The first-order chi connectivity index (χ1) is 11.4. The zero-order valence-electron chi connectivity index (χ0n) is 14.1. The molecule has 24 heavy (non-hydrogen) atoms. The van der Waals surface area contributed by atoms with Crippen molar-refractivity contribution in [3.8, 4) is 0 Å². The molecular formula is C17H25N3O3S. The normalized spacial score (nSPS) is 23.0. The van der Waals surface area contributed by atoms with Crippen LogP contribution in [0.5, 0.6) is 0 Å². The average molecular weight is 351 g/mol. The van der Waals surface area contributed by atoms with Crippen LogP contribution in [0.3, 0.4) is 0 Å². The van der Waals surface area contributed by atoms with Gasteiger partial charge in [0.1, 0.15) is 0 Å². The van der Waals surface area contributed by atoms with Crippen LogP contribution in [0.15, 0.2) is 24.3 Å². The molecule has 2 fully saturated rings. The molecule has 0 spiro atoms. The fourth-order valence-corrected chi connectivity index (χ4v) is 5.14. The number of carbonyl (C=O) groups excluding carboxylic acids is 1. The second-order valence-electron chi connectivity index (χ2n) is 6.69. The van der Waals surface area contributed by atoms with E-state index in [0.29, 0.717) is 6.42 Å². The first kappa shape index (κ1) is 17.1. The third-order valence-corrected chi connectivity index (χ3v) is 6.67. The van der Waals surface area contributed by atoms with Crippen molar-refractivity contribution in [2.24, 2.45) is 0 Å². The topological polar surface area (TPSA) is 69.7 Å². The molecule has 0 radical (unpaired) electrons. The van der Waals surface area contributed by atoms with Gasteiger partial charge in [-0.1, -0.05) is 0 Å². The fraction of sp³-hybridized carbons (Fsp3) is 0.588. The minimum Gasteiger partial charge on any atom is -0.372 e. The number of hydrogen-bond donors (Lipinski definition) is 1. The summed E-state index contributed by atoms with van der Waals surface area (Å²) in [5.41, 5.74) is 1.91. The molecule has 6 nitrogen and oxygen atoms in total. The van der Waals surface area contributed by atoms with E-state index in [-0.39, 0.29) is 23.6 Å². The second kappa shape index (κ2) is 7.01. The van der Waals surface area contributed by atoms with Gasteiger partial charge in [-0.15, -0.1) is 0 Å². The quantitative estimate of drug-likeness (QED) is 0.907. The number of carbonyl (C=O) groups is 1. The SMILES string of the molecule is CN(C(=O)Nc1ccc(N2CCCCC2)cc1)C1CCS(=O)(=O)C1. The van der Waals surface area contributed by atoms with Crippen LogP contribution in [0.25, 0.3) is 0 Å². The Morgan fingerprint density at radius 3 is 2.42 bits per heavy atom. The van der Waals surface area contributed by atoms with Gasteiger partial charge in [-0.05, 0) is 49.9 Å². The maximum atomic E-state index is 12.3. The predicted octanol–water partition coefficient (Wildman–Crippen LogP) is 2.33. The lowest BCUT2D eigenvalue weighted by Gasteiger charge is -2.29. The van der Waals surface area contributed by atoms with E-state index >= 15 is 0 Å². The van der Waals surface area contributed by atoms with Crippen LogP contribution in [0.4, 0.5) is 16.2 Å². The number of sulfone groups is 1. The standard InChI is InChI=1S/C17H25N3O3S/c1-19(16-9-12-24(22,23)13-16)17(21)18-14-5-7-15(8-6-14)20-10-3-2-4-11-20/h5-8,16H,2-4,9-13H2,1H3,(H,18,21). The van der Waals surface area contributed by atoms with Gasteiger partial charge in [0.05, 0.1) is 11.5 Å². The monoisotopic (exact) mass is 351 g/mol. The number of benzene rings is 1. The van der Waals surface area contributed by atoms with Crippen molar-refractivity contribution in [3.63, 3.8) is 0 Å².